The van der Waals surface area contributed by atoms with Gasteiger partial charge in [-0.3, -0.25) is 14.7 Å². The molecular weight excluding hydrogens is 594 g/mol. The molecule has 0 aliphatic carbocycles. The van der Waals surface area contributed by atoms with E-state index in [0.717, 1.165) is 89.2 Å². The number of H-pyrrole nitrogens is 1. The predicted octanol–water partition coefficient (Wildman–Crippen LogP) is 4.61. The number of aliphatic imine (C=N–C) groups is 1. The monoisotopic (exact) mass is 637 g/mol. The van der Waals surface area contributed by atoms with Crippen LogP contribution in [0, 0.1) is 0 Å². The fraction of sp³-hybridized carbons (Fsp3) is 0.333. The van der Waals surface area contributed by atoms with Gasteiger partial charge in [-0.15, -0.1) is 0 Å². The molecule has 1 unspecified atom stereocenters. The third-order valence-electron chi connectivity index (χ3n) is 8.32. The van der Waals surface area contributed by atoms with Gasteiger partial charge in [0.2, 0.25) is 5.91 Å². The molecule has 4 N–H and O–H groups in total. The van der Waals surface area contributed by atoms with Crippen LogP contribution in [0.5, 0.6) is 0 Å². The van der Waals surface area contributed by atoms with Gasteiger partial charge in [0.15, 0.2) is 0 Å². The Morgan fingerprint density at radius 1 is 1.04 bits per heavy atom. The summed E-state index contributed by atoms with van der Waals surface area (Å²) < 4.78 is 10.1. The van der Waals surface area contributed by atoms with Crippen LogP contribution in [0.3, 0.4) is 0 Å². The van der Waals surface area contributed by atoms with Crippen molar-refractivity contribution in [2.75, 3.05) is 53.6 Å². The number of rotatable bonds is 14. The molecule has 1 atom stereocenters. The van der Waals surface area contributed by atoms with E-state index in [0.29, 0.717) is 19.2 Å². The van der Waals surface area contributed by atoms with Crippen LogP contribution in [0.2, 0.25) is 0 Å². The van der Waals surface area contributed by atoms with E-state index in [4.69, 9.17) is 4.74 Å². The van der Waals surface area contributed by atoms with Gasteiger partial charge in [0.1, 0.15) is 5.82 Å². The summed E-state index contributed by atoms with van der Waals surface area (Å²) >= 11 is 0. The minimum atomic E-state index is -0.626. The van der Waals surface area contributed by atoms with E-state index in [9.17, 15) is 9.59 Å². The number of imidazole rings is 1. The van der Waals surface area contributed by atoms with Crippen LogP contribution >= 0.6 is 0 Å². The molecule has 1 aliphatic rings. The Morgan fingerprint density at radius 3 is 2.53 bits per heavy atom. The summed E-state index contributed by atoms with van der Waals surface area (Å²) in [5.41, 5.74) is 6.33. The minimum absolute atomic E-state index is 0.102. The number of fused-ring (bicyclic) bond motifs is 1. The lowest BCUT2D eigenvalue weighted by Crippen LogP contribution is -2.47. The summed E-state index contributed by atoms with van der Waals surface area (Å²) in [6.07, 6.45) is 5.46. The molecule has 1 aliphatic heterocycles. The van der Waals surface area contributed by atoms with E-state index in [2.05, 4.69) is 115 Å². The number of morpholine rings is 1. The second-order valence-electron chi connectivity index (χ2n) is 11.6. The maximum absolute atomic E-state index is 11.8. The number of aryl methyl sites for hydroxylation is 1. The average Bonchev–Trinajstić information content (AvgIpc) is 3.58. The van der Waals surface area contributed by atoms with Crippen molar-refractivity contribution >= 4 is 35.2 Å². The number of hydrogen-bond donors (Lipinski definition) is 4. The van der Waals surface area contributed by atoms with Crippen molar-refractivity contribution in [2.45, 2.75) is 25.3 Å². The van der Waals surface area contributed by atoms with Gasteiger partial charge in [-0.25, -0.2) is 9.78 Å². The number of carbonyl (C=O) groups excluding carboxylic acids is 2. The van der Waals surface area contributed by atoms with Crippen molar-refractivity contribution in [3.05, 3.63) is 84.4 Å². The van der Waals surface area contributed by atoms with Crippen LogP contribution in [-0.2, 0) is 20.7 Å². The Labute approximate surface area is 275 Å². The van der Waals surface area contributed by atoms with Crippen LogP contribution in [0.1, 0.15) is 24.2 Å². The number of methoxy groups -OCH3 is 1. The highest BCUT2D eigenvalue weighted by Gasteiger charge is 2.19. The summed E-state index contributed by atoms with van der Waals surface area (Å²) in [5, 5.41) is 11.0. The number of benzene rings is 3. The van der Waals surface area contributed by atoms with E-state index in [1.165, 1.54) is 7.11 Å². The molecule has 1 saturated heterocycles. The van der Waals surface area contributed by atoms with Gasteiger partial charge >= 0.3 is 6.09 Å². The zero-order valence-corrected chi connectivity index (χ0v) is 27.1. The van der Waals surface area contributed by atoms with Gasteiger partial charge in [-0.2, -0.15) is 0 Å². The number of aromatic nitrogens is 2. The number of carbonyl (C=O) groups is 2. The van der Waals surface area contributed by atoms with E-state index in [1.54, 1.807) is 6.20 Å². The lowest BCUT2D eigenvalue weighted by molar-refractivity contribution is -0.120. The molecule has 2 amide bonds. The van der Waals surface area contributed by atoms with E-state index in [1.807, 2.05) is 6.20 Å². The zero-order chi connectivity index (χ0) is 33.0. The Kier molecular flexibility index (Phi) is 11.7. The molecule has 246 valence electrons. The maximum Gasteiger partial charge on any atom is 0.407 e. The normalized spacial score (nSPS) is 15.3. The van der Waals surface area contributed by atoms with Gasteiger partial charge in [-0.05, 0) is 66.2 Å². The third kappa shape index (κ3) is 9.27. The molecule has 4 aromatic rings. The summed E-state index contributed by atoms with van der Waals surface area (Å²) in [7, 11) is 3.39. The van der Waals surface area contributed by atoms with Crippen molar-refractivity contribution in [3.8, 4) is 22.4 Å². The molecular formula is C36H43N7O4. The summed E-state index contributed by atoms with van der Waals surface area (Å²) in [6, 6.07) is 21.8. The van der Waals surface area contributed by atoms with E-state index in [-0.39, 0.29) is 12.5 Å². The van der Waals surface area contributed by atoms with Gasteiger partial charge in [0, 0.05) is 37.8 Å². The lowest BCUT2D eigenvalue weighted by atomic mass is 9.98. The molecule has 47 heavy (non-hydrogen) atoms. The van der Waals surface area contributed by atoms with Crippen LogP contribution in [0.15, 0.2) is 78.1 Å². The molecule has 1 aromatic heterocycles. The quantitative estimate of drug-likeness (QED) is 0.117. The number of nitrogens with one attached hydrogen (secondary N) is 4. The third-order valence-corrected chi connectivity index (χ3v) is 8.32. The minimum Gasteiger partial charge on any atom is -0.453 e. The highest BCUT2D eigenvalue weighted by atomic mass is 16.5. The Balaban J connectivity index is 1.15. The number of hydrogen-bond acceptors (Lipinski definition) is 8. The van der Waals surface area contributed by atoms with Crippen molar-refractivity contribution < 1.29 is 19.1 Å². The second kappa shape index (κ2) is 16.5. The summed E-state index contributed by atoms with van der Waals surface area (Å²) in [5.74, 6) is 0.660. The molecule has 0 saturated carbocycles. The molecule has 11 nitrogen and oxygen atoms in total. The number of likely N-dealkylation sites (N-methyl/N-ethyl adjacent to an activating group) is 1. The molecule has 11 heteroatoms. The maximum atomic E-state index is 11.8. The van der Waals surface area contributed by atoms with Gasteiger partial charge in [0.05, 0.1) is 50.5 Å². The first-order chi connectivity index (χ1) is 22.9. The topological polar surface area (TPSA) is 133 Å². The number of alkyl carbamates (subject to hydrolysis) is 1. The average molecular weight is 638 g/mol. The SMILES string of the molecule is C=N/C=C(\NCC1COCCN1C)c1ccc(-c2ccc3cc(-c4cnc(CCCCNC(=O)CNC(=O)OC)[nH]4)ccc3c2)cc1. The Bertz CT molecular complexity index is 1700. The van der Waals surface area contributed by atoms with Gasteiger partial charge < -0.3 is 30.4 Å². The van der Waals surface area contributed by atoms with E-state index >= 15 is 0 Å². The van der Waals surface area contributed by atoms with Gasteiger partial charge in [0.25, 0.3) is 0 Å². The molecule has 0 bridgehead atoms. The fourth-order valence-corrected chi connectivity index (χ4v) is 5.50. The van der Waals surface area contributed by atoms with E-state index < -0.39 is 6.09 Å². The largest absolute Gasteiger partial charge is 0.453 e. The molecule has 0 radical (unpaired) electrons. The van der Waals surface area contributed by atoms with Crippen molar-refractivity contribution in [3.63, 3.8) is 0 Å². The first-order valence-electron chi connectivity index (χ1n) is 15.9. The number of unbranched alkanes of at least 4 members (excludes halogenated alkanes) is 1. The van der Waals surface area contributed by atoms with Crippen LogP contribution in [0.4, 0.5) is 4.79 Å². The molecule has 2 heterocycles. The summed E-state index contributed by atoms with van der Waals surface area (Å²) in [4.78, 5) is 37.1. The standard InChI is InChI=1S/C36H43N7O4/c1-37-21-32(39-20-31-24-47-17-16-43(31)2)26-9-7-25(8-10-26)27-11-12-29-19-30(14-13-28(29)18-27)33-22-40-34(42-33)6-4-5-15-38-35(44)23-41-36(45)46-3/h7-14,18-19,21-22,31,39H,1,4-6,15-17,20,23-24H2,2-3H3,(H,38,44)(H,40,42)(H,41,45)/b32-21-. The van der Waals surface area contributed by atoms with Crippen LogP contribution in [-0.4, -0.2) is 93.2 Å². The zero-order valence-electron chi connectivity index (χ0n) is 27.1. The second-order valence-corrected chi connectivity index (χ2v) is 11.6. The highest BCUT2D eigenvalue weighted by molar-refractivity contribution is 5.90. The fourth-order valence-electron chi connectivity index (χ4n) is 5.50. The number of amides is 2. The van der Waals surface area contributed by atoms with Crippen molar-refractivity contribution in [2.24, 2.45) is 4.99 Å². The number of nitrogens with zero attached hydrogens (tertiary/aromatic N) is 3. The smallest absolute Gasteiger partial charge is 0.407 e. The molecule has 1 fully saturated rings. The first-order valence-corrected chi connectivity index (χ1v) is 15.9. The van der Waals surface area contributed by atoms with Crippen molar-refractivity contribution in [1.82, 2.24) is 30.8 Å². The van der Waals surface area contributed by atoms with Gasteiger partial charge in [-0.1, -0.05) is 48.5 Å². The summed E-state index contributed by atoms with van der Waals surface area (Å²) in [6.45, 7) is 7.29. The molecule has 3 aromatic carbocycles. The number of ether oxygens (including phenoxy) is 2. The highest BCUT2D eigenvalue weighted by Crippen LogP contribution is 2.29. The Morgan fingerprint density at radius 2 is 1.79 bits per heavy atom. The molecule has 5 rings (SSSR count). The first kappa shape index (κ1) is 33.4. The van der Waals surface area contributed by atoms with Crippen LogP contribution in [0.25, 0.3) is 38.9 Å². The predicted molar refractivity (Wildman–Crippen MR) is 186 cm³/mol. The number of aromatic amines is 1. The Hall–Kier alpha value is -5.00. The van der Waals surface area contributed by atoms with Crippen molar-refractivity contribution in [1.29, 1.82) is 0 Å². The van der Waals surface area contributed by atoms with Crippen LogP contribution < -0.4 is 16.0 Å². The molecule has 0 spiro atoms. The lowest BCUT2D eigenvalue weighted by Gasteiger charge is -2.32.